The quantitative estimate of drug-likeness (QED) is 0.605. The van der Waals surface area contributed by atoms with Gasteiger partial charge in [0.1, 0.15) is 18.5 Å². The van der Waals surface area contributed by atoms with E-state index in [1.54, 1.807) is 18.3 Å². The van der Waals surface area contributed by atoms with Gasteiger partial charge in [0.15, 0.2) is 5.82 Å². The Kier molecular flexibility index (Phi) is 5.67. The molecule has 1 aromatic carbocycles. The van der Waals surface area contributed by atoms with Gasteiger partial charge in [0, 0.05) is 24.0 Å². The van der Waals surface area contributed by atoms with Crippen LogP contribution in [0.5, 0.6) is 0 Å². The number of halogens is 1. The highest BCUT2D eigenvalue weighted by atomic mass is 19.1. The molecule has 0 bridgehead atoms. The van der Waals surface area contributed by atoms with Crippen molar-refractivity contribution in [2.24, 2.45) is 0 Å². The third kappa shape index (κ3) is 5.08. The molecule has 0 spiro atoms. The zero-order chi connectivity index (χ0) is 19.1. The monoisotopic (exact) mass is 369 g/mol. The topological polar surface area (TPSA) is 114 Å². The Morgan fingerprint density at radius 3 is 2.67 bits per heavy atom. The molecule has 3 N–H and O–H groups in total. The number of hydrogen-bond donors (Lipinski definition) is 3. The molecule has 27 heavy (non-hydrogen) atoms. The number of aromatic nitrogens is 4. The SMILES string of the molecule is O=C(CNC(=O)NCc1cccnc1-n1cncn1)Nc1ccc(F)cc1. The maximum atomic E-state index is 12.8. The summed E-state index contributed by atoms with van der Waals surface area (Å²) in [5.41, 5.74) is 1.17. The lowest BCUT2D eigenvalue weighted by molar-refractivity contribution is -0.115. The summed E-state index contributed by atoms with van der Waals surface area (Å²) in [4.78, 5) is 31.8. The number of anilines is 1. The first-order valence-corrected chi connectivity index (χ1v) is 7.98. The molecule has 2 heterocycles. The Morgan fingerprint density at radius 1 is 1.11 bits per heavy atom. The lowest BCUT2D eigenvalue weighted by Crippen LogP contribution is -2.39. The molecule has 138 valence electrons. The summed E-state index contributed by atoms with van der Waals surface area (Å²) >= 11 is 0. The van der Waals surface area contributed by atoms with E-state index < -0.39 is 17.8 Å². The number of urea groups is 1. The number of nitrogens with one attached hydrogen (secondary N) is 3. The molecule has 3 aromatic rings. The fourth-order valence-electron chi connectivity index (χ4n) is 2.23. The van der Waals surface area contributed by atoms with Crippen LogP contribution in [0.4, 0.5) is 14.9 Å². The van der Waals surface area contributed by atoms with E-state index >= 15 is 0 Å². The molecule has 9 nitrogen and oxygen atoms in total. The molecule has 0 radical (unpaired) electrons. The van der Waals surface area contributed by atoms with Gasteiger partial charge in [0.05, 0.1) is 6.54 Å². The number of hydrogen-bond acceptors (Lipinski definition) is 5. The molecule has 0 aliphatic heterocycles. The van der Waals surface area contributed by atoms with Crippen LogP contribution in [-0.2, 0) is 11.3 Å². The van der Waals surface area contributed by atoms with E-state index in [1.165, 1.54) is 41.6 Å². The van der Waals surface area contributed by atoms with Crippen molar-refractivity contribution in [3.8, 4) is 5.82 Å². The fraction of sp³-hybridized carbons (Fsp3) is 0.118. The largest absolute Gasteiger partial charge is 0.334 e. The first kappa shape index (κ1) is 18.0. The molecule has 0 unspecified atom stereocenters. The Labute approximate surface area is 153 Å². The third-order valence-corrected chi connectivity index (χ3v) is 3.48. The standard InChI is InChI=1S/C17H16FN7O2/c18-13-3-5-14(6-4-13)24-15(26)9-22-17(27)21-8-12-2-1-7-20-16(12)25-11-19-10-23-25/h1-7,10-11H,8-9H2,(H,24,26)(H2,21,22,27). The van der Waals surface area contributed by atoms with Crippen LogP contribution in [0.1, 0.15) is 5.56 Å². The van der Waals surface area contributed by atoms with Gasteiger partial charge in [-0.3, -0.25) is 4.79 Å². The summed E-state index contributed by atoms with van der Waals surface area (Å²) < 4.78 is 14.3. The van der Waals surface area contributed by atoms with Crippen LogP contribution in [0.2, 0.25) is 0 Å². The third-order valence-electron chi connectivity index (χ3n) is 3.48. The van der Waals surface area contributed by atoms with Crippen LogP contribution in [0.3, 0.4) is 0 Å². The van der Waals surface area contributed by atoms with Crippen LogP contribution in [0, 0.1) is 5.82 Å². The average Bonchev–Trinajstić information content (AvgIpc) is 3.21. The number of nitrogens with zero attached hydrogens (tertiary/aromatic N) is 4. The van der Waals surface area contributed by atoms with Crippen molar-refractivity contribution < 1.29 is 14.0 Å². The summed E-state index contributed by atoms with van der Waals surface area (Å²) in [6, 6.07) is 8.35. The fourth-order valence-corrected chi connectivity index (χ4v) is 2.23. The number of carbonyl (C=O) groups excluding carboxylic acids is 2. The van der Waals surface area contributed by atoms with Crippen LogP contribution < -0.4 is 16.0 Å². The molecular formula is C17H16FN7O2. The smallest absolute Gasteiger partial charge is 0.315 e. The molecule has 10 heteroatoms. The summed E-state index contributed by atoms with van der Waals surface area (Å²) in [6.07, 6.45) is 4.50. The van der Waals surface area contributed by atoms with Gasteiger partial charge in [-0.1, -0.05) is 6.07 Å². The number of pyridine rings is 1. The second kappa shape index (κ2) is 8.52. The maximum Gasteiger partial charge on any atom is 0.315 e. The van der Waals surface area contributed by atoms with Gasteiger partial charge in [-0.05, 0) is 30.3 Å². The van der Waals surface area contributed by atoms with Crippen molar-refractivity contribution in [3.63, 3.8) is 0 Å². The highest BCUT2D eigenvalue weighted by molar-refractivity contribution is 5.94. The molecule has 3 amide bonds. The normalized spacial score (nSPS) is 10.3. The molecule has 2 aromatic heterocycles. The Hall–Kier alpha value is -3.82. The molecular weight excluding hydrogens is 353 g/mol. The Morgan fingerprint density at radius 2 is 1.93 bits per heavy atom. The highest BCUT2D eigenvalue weighted by Crippen LogP contribution is 2.09. The van der Waals surface area contributed by atoms with Crippen molar-refractivity contribution >= 4 is 17.6 Å². The predicted octanol–water partition coefficient (Wildman–Crippen LogP) is 1.24. The van der Waals surface area contributed by atoms with Crippen LogP contribution in [0.15, 0.2) is 55.2 Å². The first-order valence-electron chi connectivity index (χ1n) is 7.98. The minimum absolute atomic E-state index is 0.189. The maximum absolute atomic E-state index is 12.8. The molecule has 3 rings (SSSR count). The van der Waals surface area contributed by atoms with Crippen LogP contribution in [-0.4, -0.2) is 38.2 Å². The number of benzene rings is 1. The highest BCUT2D eigenvalue weighted by Gasteiger charge is 2.09. The minimum atomic E-state index is -0.516. The zero-order valence-corrected chi connectivity index (χ0v) is 14.1. The summed E-state index contributed by atoms with van der Waals surface area (Å²) in [5, 5.41) is 11.7. The number of amides is 3. The van der Waals surface area contributed by atoms with E-state index in [-0.39, 0.29) is 13.1 Å². The van der Waals surface area contributed by atoms with Gasteiger partial charge in [-0.2, -0.15) is 5.10 Å². The minimum Gasteiger partial charge on any atom is -0.334 e. The van der Waals surface area contributed by atoms with Crippen molar-refractivity contribution in [2.75, 3.05) is 11.9 Å². The molecule has 0 aliphatic carbocycles. The lowest BCUT2D eigenvalue weighted by atomic mass is 10.2. The summed E-state index contributed by atoms with van der Waals surface area (Å²) in [6.45, 7) is -0.0410. The van der Waals surface area contributed by atoms with E-state index in [4.69, 9.17) is 0 Å². The van der Waals surface area contributed by atoms with Crippen LogP contribution >= 0.6 is 0 Å². The van der Waals surface area contributed by atoms with Gasteiger partial charge >= 0.3 is 6.03 Å². The van der Waals surface area contributed by atoms with Crippen molar-refractivity contribution in [2.45, 2.75) is 6.54 Å². The molecule has 0 fully saturated rings. The van der Waals surface area contributed by atoms with E-state index in [2.05, 4.69) is 31.0 Å². The lowest BCUT2D eigenvalue weighted by Gasteiger charge is -2.10. The van der Waals surface area contributed by atoms with E-state index in [1.807, 2.05) is 0 Å². The van der Waals surface area contributed by atoms with Crippen molar-refractivity contribution in [3.05, 3.63) is 66.6 Å². The van der Waals surface area contributed by atoms with Gasteiger partial charge in [0.2, 0.25) is 5.91 Å². The van der Waals surface area contributed by atoms with Gasteiger partial charge < -0.3 is 16.0 Å². The number of rotatable bonds is 6. The Bertz CT molecular complexity index is 913. The van der Waals surface area contributed by atoms with Gasteiger partial charge in [-0.15, -0.1) is 0 Å². The molecule has 0 saturated carbocycles. The van der Waals surface area contributed by atoms with Gasteiger partial charge in [-0.25, -0.2) is 23.8 Å². The predicted molar refractivity (Wildman–Crippen MR) is 94.4 cm³/mol. The average molecular weight is 369 g/mol. The van der Waals surface area contributed by atoms with Crippen molar-refractivity contribution in [1.29, 1.82) is 0 Å². The Balaban J connectivity index is 1.48. The number of carbonyl (C=O) groups is 2. The van der Waals surface area contributed by atoms with Crippen molar-refractivity contribution in [1.82, 2.24) is 30.4 Å². The first-order chi connectivity index (χ1) is 13.1. The summed E-state index contributed by atoms with van der Waals surface area (Å²) in [5.74, 6) is -0.281. The van der Waals surface area contributed by atoms with E-state index in [0.29, 0.717) is 11.5 Å². The summed E-state index contributed by atoms with van der Waals surface area (Å²) in [7, 11) is 0. The molecule has 0 saturated heterocycles. The second-order valence-corrected chi connectivity index (χ2v) is 5.42. The van der Waals surface area contributed by atoms with E-state index in [9.17, 15) is 14.0 Å². The van der Waals surface area contributed by atoms with Crippen LogP contribution in [0.25, 0.3) is 5.82 Å². The second-order valence-electron chi connectivity index (χ2n) is 5.42. The zero-order valence-electron chi connectivity index (χ0n) is 14.1. The van der Waals surface area contributed by atoms with E-state index in [0.717, 1.165) is 5.56 Å². The molecule has 0 atom stereocenters. The van der Waals surface area contributed by atoms with Gasteiger partial charge in [0.25, 0.3) is 0 Å². The molecule has 0 aliphatic rings.